The van der Waals surface area contributed by atoms with E-state index in [0.29, 0.717) is 11.8 Å². The molecule has 4 heteroatoms. The molecule has 0 bridgehead atoms. The molecule has 3 fully saturated rings. The lowest BCUT2D eigenvalue weighted by molar-refractivity contribution is -0.149. The highest BCUT2D eigenvalue weighted by atomic mass is 16.3. The normalized spacial score (nSPS) is 26.2. The minimum atomic E-state index is -1.44. The van der Waals surface area contributed by atoms with Crippen LogP contribution in [0.5, 0.6) is 0 Å². The molecule has 6 rings (SSSR count). The van der Waals surface area contributed by atoms with Gasteiger partial charge in [-0.2, -0.15) is 0 Å². The monoisotopic (exact) mass is 454 g/mol. The Morgan fingerprint density at radius 1 is 0.912 bits per heavy atom. The van der Waals surface area contributed by atoms with Crippen LogP contribution < -0.4 is 10.2 Å². The average molecular weight is 455 g/mol. The number of fused-ring (bicyclic) bond motifs is 2. The van der Waals surface area contributed by atoms with Crippen molar-refractivity contribution in [3.63, 3.8) is 0 Å². The van der Waals surface area contributed by atoms with E-state index in [0.717, 1.165) is 44.3 Å². The number of piperidine rings is 1. The number of amides is 1. The third-order valence-corrected chi connectivity index (χ3v) is 8.67. The lowest BCUT2D eigenvalue weighted by Gasteiger charge is -2.38. The molecule has 0 aromatic heterocycles. The van der Waals surface area contributed by atoms with E-state index in [9.17, 15) is 9.90 Å². The Bertz CT molecular complexity index is 1190. The third kappa shape index (κ3) is 3.51. The molecule has 4 nitrogen and oxygen atoms in total. The number of rotatable bonds is 5. The molecule has 1 saturated heterocycles. The van der Waals surface area contributed by atoms with Crippen LogP contribution in [0.3, 0.4) is 0 Å². The van der Waals surface area contributed by atoms with Crippen LogP contribution in [0, 0.1) is 24.7 Å². The number of carbonyl (C=O) groups is 1. The van der Waals surface area contributed by atoms with Gasteiger partial charge in [0.05, 0.1) is 0 Å². The summed E-state index contributed by atoms with van der Waals surface area (Å²) in [5, 5.41) is 17.8. The molecule has 3 aromatic carbocycles. The number of nitrogens with zero attached hydrogens (tertiary/aromatic N) is 1. The number of benzene rings is 3. The molecular weight excluding hydrogens is 420 g/mol. The van der Waals surface area contributed by atoms with Gasteiger partial charge in [0.2, 0.25) is 0 Å². The van der Waals surface area contributed by atoms with Gasteiger partial charge in [-0.1, -0.05) is 86.0 Å². The molecule has 1 heterocycles. The second-order valence-corrected chi connectivity index (χ2v) is 10.7. The number of nitrogens with one attached hydrogen (secondary N) is 1. The highest BCUT2D eigenvalue weighted by molar-refractivity contribution is 5.96. The van der Waals surface area contributed by atoms with Crippen LogP contribution in [0.1, 0.15) is 43.2 Å². The van der Waals surface area contributed by atoms with Crippen molar-refractivity contribution in [2.24, 2.45) is 17.8 Å². The van der Waals surface area contributed by atoms with Gasteiger partial charge < -0.3 is 15.3 Å². The van der Waals surface area contributed by atoms with Crippen molar-refractivity contribution in [1.29, 1.82) is 0 Å². The largest absolute Gasteiger partial charge is 0.375 e. The van der Waals surface area contributed by atoms with Gasteiger partial charge >= 0.3 is 0 Å². The number of anilines is 1. The van der Waals surface area contributed by atoms with Crippen LogP contribution >= 0.6 is 0 Å². The van der Waals surface area contributed by atoms with Gasteiger partial charge in [-0.15, -0.1) is 0 Å². The fraction of sp³-hybridized carbons (Fsp3) is 0.433. The Hall–Kier alpha value is -2.85. The second kappa shape index (κ2) is 8.42. The van der Waals surface area contributed by atoms with Crippen LogP contribution in [0.4, 0.5) is 5.69 Å². The summed E-state index contributed by atoms with van der Waals surface area (Å²) in [7, 11) is 0. The van der Waals surface area contributed by atoms with Crippen LogP contribution in [0.2, 0.25) is 0 Å². The molecule has 3 atom stereocenters. The van der Waals surface area contributed by atoms with Crippen molar-refractivity contribution in [2.75, 3.05) is 18.0 Å². The number of aliphatic hydroxyl groups is 1. The van der Waals surface area contributed by atoms with Gasteiger partial charge in [0.25, 0.3) is 5.91 Å². The van der Waals surface area contributed by atoms with E-state index in [1.54, 1.807) is 0 Å². The molecule has 34 heavy (non-hydrogen) atoms. The predicted octanol–water partition coefficient (Wildman–Crippen LogP) is 5.17. The zero-order valence-electron chi connectivity index (χ0n) is 19.9. The fourth-order valence-corrected chi connectivity index (χ4v) is 6.73. The molecule has 176 valence electrons. The standard InChI is InChI=1S/C30H34N2O2/c1-20-16-17-21-10-8-9-15-24(21)28(20)32-18-25-26(19-32)27(25)31-29(33)30(34,22-11-4-2-5-12-22)23-13-6-3-7-14-23/h2,4-5,8-12,15-17,23,25-27,34H,3,6-7,13-14,18-19H2,1H3,(H,31,33). The zero-order valence-corrected chi connectivity index (χ0v) is 19.9. The van der Waals surface area contributed by atoms with E-state index in [4.69, 9.17) is 0 Å². The predicted molar refractivity (Wildman–Crippen MR) is 137 cm³/mol. The lowest BCUT2D eigenvalue weighted by atomic mass is 9.73. The number of hydrogen-bond donors (Lipinski definition) is 2. The Kier molecular flexibility index (Phi) is 5.37. The fourth-order valence-electron chi connectivity index (χ4n) is 6.73. The van der Waals surface area contributed by atoms with E-state index in [2.05, 4.69) is 53.5 Å². The van der Waals surface area contributed by atoms with Crippen molar-refractivity contribution in [3.8, 4) is 0 Å². The SMILES string of the molecule is Cc1ccc2ccccc2c1N1CC2C(C1)C2NC(=O)C(O)(c1ccccc1)C1CCCCC1. The molecular formula is C30H34N2O2. The van der Waals surface area contributed by atoms with Crippen LogP contribution in [0.15, 0.2) is 66.7 Å². The second-order valence-electron chi connectivity index (χ2n) is 10.7. The van der Waals surface area contributed by atoms with Gasteiger partial charge in [0, 0.05) is 48.0 Å². The molecule has 3 aliphatic rings. The van der Waals surface area contributed by atoms with Gasteiger partial charge in [-0.25, -0.2) is 0 Å². The molecule has 3 unspecified atom stereocenters. The molecule has 3 aromatic rings. The maximum Gasteiger partial charge on any atom is 0.257 e. The Morgan fingerprint density at radius 2 is 1.59 bits per heavy atom. The van der Waals surface area contributed by atoms with Gasteiger partial charge in [0.1, 0.15) is 0 Å². The third-order valence-electron chi connectivity index (χ3n) is 8.67. The Morgan fingerprint density at radius 3 is 2.32 bits per heavy atom. The first-order valence-electron chi connectivity index (χ1n) is 12.9. The Labute approximate surface area is 202 Å². The quantitative estimate of drug-likeness (QED) is 0.559. The zero-order chi connectivity index (χ0) is 23.3. The highest BCUT2D eigenvalue weighted by Crippen LogP contribution is 2.49. The molecule has 2 saturated carbocycles. The lowest BCUT2D eigenvalue weighted by Crippen LogP contribution is -2.52. The summed E-state index contributed by atoms with van der Waals surface area (Å²) in [5.74, 6) is 0.692. The number of carbonyl (C=O) groups excluding carboxylic acids is 1. The van der Waals surface area contributed by atoms with Crippen molar-refractivity contribution < 1.29 is 9.90 Å². The first-order chi connectivity index (χ1) is 16.6. The van der Waals surface area contributed by atoms with Crippen molar-refractivity contribution in [1.82, 2.24) is 5.32 Å². The van der Waals surface area contributed by atoms with Crippen LogP contribution in [0.25, 0.3) is 10.8 Å². The first-order valence-corrected chi connectivity index (χ1v) is 12.9. The van der Waals surface area contributed by atoms with Crippen LogP contribution in [-0.4, -0.2) is 30.1 Å². The minimum absolute atomic E-state index is 0.0166. The first kappa shape index (κ1) is 21.7. The van der Waals surface area contributed by atoms with Crippen LogP contribution in [-0.2, 0) is 10.4 Å². The van der Waals surface area contributed by atoms with E-state index in [1.165, 1.54) is 28.4 Å². The smallest absolute Gasteiger partial charge is 0.257 e. The van der Waals surface area contributed by atoms with E-state index >= 15 is 0 Å². The molecule has 0 radical (unpaired) electrons. The molecule has 2 N–H and O–H groups in total. The van der Waals surface area contributed by atoms with E-state index in [-0.39, 0.29) is 17.9 Å². The Balaban J connectivity index is 1.19. The average Bonchev–Trinajstić information content (AvgIpc) is 3.31. The van der Waals surface area contributed by atoms with Gasteiger partial charge in [0.15, 0.2) is 5.60 Å². The highest BCUT2D eigenvalue weighted by Gasteiger charge is 2.58. The van der Waals surface area contributed by atoms with E-state index in [1.807, 2.05) is 30.3 Å². The summed E-state index contributed by atoms with van der Waals surface area (Å²) in [5.41, 5.74) is 1.93. The molecule has 0 spiro atoms. The summed E-state index contributed by atoms with van der Waals surface area (Å²) in [6.07, 6.45) is 5.18. The van der Waals surface area contributed by atoms with Crippen molar-refractivity contribution in [3.05, 3.63) is 77.9 Å². The number of hydrogen-bond acceptors (Lipinski definition) is 3. The summed E-state index contributed by atoms with van der Waals surface area (Å²) in [4.78, 5) is 16.2. The van der Waals surface area contributed by atoms with Gasteiger partial charge in [-0.05, 0) is 36.3 Å². The number of aryl methyl sites for hydroxylation is 1. The summed E-state index contributed by atoms with van der Waals surface area (Å²) in [6, 6.07) is 22.8. The van der Waals surface area contributed by atoms with Crippen molar-refractivity contribution in [2.45, 2.75) is 50.7 Å². The van der Waals surface area contributed by atoms with Crippen molar-refractivity contribution >= 4 is 22.4 Å². The minimum Gasteiger partial charge on any atom is -0.375 e. The maximum atomic E-state index is 13.7. The maximum absolute atomic E-state index is 13.7. The van der Waals surface area contributed by atoms with Gasteiger partial charge in [-0.3, -0.25) is 4.79 Å². The summed E-state index contributed by atoms with van der Waals surface area (Å²) in [6.45, 7) is 4.10. The van der Waals surface area contributed by atoms with E-state index < -0.39 is 5.60 Å². The topological polar surface area (TPSA) is 52.6 Å². The molecule has 2 aliphatic carbocycles. The molecule has 1 aliphatic heterocycles. The molecule has 1 amide bonds. The summed E-state index contributed by atoms with van der Waals surface area (Å²) < 4.78 is 0. The summed E-state index contributed by atoms with van der Waals surface area (Å²) >= 11 is 0.